The first-order valence-electron chi connectivity index (χ1n) is 6.51. The van der Waals surface area contributed by atoms with Crippen LogP contribution in [0.5, 0.6) is 5.75 Å². The molecular formula is C14H22N2O3. The fourth-order valence-corrected chi connectivity index (χ4v) is 1.66. The molecule has 0 aliphatic carbocycles. The van der Waals surface area contributed by atoms with E-state index in [1.54, 1.807) is 24.3 Å². The number of aliphatic hydroxyl groups is 1. The summed E-state index contributed by atoms with van der Waals surface area (Å²) in [6.07, 6.45) is 1.63. The smallest absolute Gasteiger partial charge is 0.257 e. The molecule has 0 saturated carbocycles. The average molecular weight is 266 g/mol. The third-order valence-electron chi connectivity index (χ3n) is 2.95. The largest absolute Gasteiger partial charge is 0.484 e. The second-order valence-corrected chi connectivity index (χ2v) is 4.45. The molecule has 0 fully saturated rings. The third kappa shape index (κ3) is 6.10. The van der Waals surface area contributed by atoms with Gasteiger partial charge in [-0.15, -0.1) is 0 Å². The van der Waals surface area contributed by atoms with Gasteiger partial charge in [0.25, 0.3) is 5.91 Å². The fraction of sp³-hybridized carbons (Fsp3) is 0.500. The van der Waals surface area contributed by atoms with E-state index < -0.39 is 0 Å². The van der Waals surface area contributed by atoms with Crippen molar-refractivity contribution in [3.63, 3.8) is 0 Å². The van der Waals surface area contributed by atoms with Crippen molar-refractivity contribution in [3.8, 4) is 5.75 Å². The second-order valence-electron chi connectivity index (χ2n) is 4.45. The first-order chi connectivity index (χ1) is 9.15. The molecule has 1 unspecified atom stereocenters. The van der Waals surface area contributed by atoms with Crippen molar-refractivity contribution in [2.75, 3.05) is 25.5 Å². The minimum atomic E-state index is -0.159. The van der Waals surface area contributed by atoms with Crippen molar-refractivity contribution in [2.24, 2.45) is 5.92 Å². The standard InChI is InChI=1S/C14H22N2O3/c1-2-11(7-8-17)9-16-14(18)10-19-13-5-3-12(15)4-6-13/h3-6,11,17H,2,7-10,15H2,1H3,(H,16,18). The molecule has 1 atom stereocenters. The Morgan fingerprint density at radius 1 is 1.42 bits per heavy atom. The Morgan fingerprint density at radius 3 is 2.68 bits per heavy atom. The molecule has 5 heteroatoms. The highest BCUT2D eigenvalue weighted by Crippen LogP contribution is 2.12. The number of nitrogens with two attached hydrogens (primary N) is 1. The van der Waals surface area contributed by atoms with Gasteiger partial charge in [0.05, 0.1) is 0 Å². The molecule has 0 saturated heterocycles. The number of nitrogens with one attached hydrogen (secondary N) is 1. The fourth-order valence-electron chi connectivity index (χ4n) is 1.66. The van der Waals surface area contributed by atoms with Crippen LogP contribution in [0.25, 0.3) is 0 Å². The number of rotatable bonds is 8. The van der Waals surface area contributed by atoms with Crippen LogP contribution in [0.4, 0.5) is 5.69 Å². The molecule has 0 spiro atoms. The van der Waals surface area contributed by atoms with Gasteiger partial charge in [0.2, 0.25) is 0 Å². The first kappa shape index (κ1) is 15.3. The average Bonchev–Trinajstić information content (AvgIpc) is 2.42. The van der Waals surface area contributed by atoms with E-state index in [4.69, 9.17) is 15.6 Å². The molecule has 4 N–H and O–H groups in total. The molecule has 0 aromatic heterocycles. The van der Waals surface area contributed by atoms with Gasteiger partial charge in [-0.1, -0.05) is 13.3 Å². The highest BCUT2D eigenvalue weighted by atomic mass is 16.5. The molecule has 0 aliphatic heterocycles. The maximum atomic E-state index is 11.6. The minimum absolute atomic E-state index is 0.0144. The molecule has 1 rings (SSSR count). The predicted octanol–water partition coefficient (Wildman–Crippen LogP) is 1.17. The number of ether oxygens (including phenoxy) is 1. The van der Waals surface area contributed by atoms with E-state index in [0.717, 1.165) is 6.42 Å². The number of carbonyl (C=O) groups excluding carboxylic acids is 1. The van der Waals surface area contributed by atoms with Gasteiger partial charge in [-0.25, -0.2) is 0 Å². The number of nitrogen functional groups attached to an aromatic ring is 1. The van der Waals surface area contributed by atoms with Crippen molar-refractivity contribution in [1.29, 1.82) is 0 Å². The van der Waals surface area contributed by atoms with E-state index in [2.05, 4.69) is 5.32 Å². The minimum Gasteiger partial charge on any atom is -0.484 e. The van der Waals surface area contributed by atoms with E-state index in [0.29, 0.717) is 30.3 Å². The van der Waals surface area contributed by atoms with Crippen LogP contribution in [0.2, 0.25) is 0 Å². The van der Waals surface area contributed by atoms with Crippen molar-refractivity contribution < 1.29 is 14.6 Å². The first-order valence-corrected chi connectivity index (χ1v) is 6.51. The number of amides is 1. The molecule has 5 nitrogen and oxygen atoms in total. The molecule has 19 heavy (non-hydrogen) atoms. The van der Waals surface area contributed by atoms with Crippen LogP contribution in [0.15, 0.2) is 24.3 Å². The lowest BCUT2D eigenvalue weighted by Gasteiger charge is -2.14. The van der Waals surface area contributed by atoms with Crippen LogP contribution in [0, 0.1) is 5.92 Å². The number of anilines is 1. The summed E-state index contributed by atoms with van der Waals surface area (Å²) in [7, 11) is 0. The summed E-state index contributed by atoms with van der Waals surface area (Å²) in [4.78, 5) is 11.6. The lowest BCUT2D eigenvalue weighted by molar-refractivity contribution is -0.123. The molecule has 0 aliphatic rings. The Labute approximate surface area is 113 Å². The zero-order valence-corrected chi connectivity index (χ0v) is 11.3. The maximum Gasteiger partial charge on any atom is 0.257 e. The van der Waals surface area contributed by atoms with Gasteiger partial charge in [-0.3, -0.25) is 4.79 Å². The summed E-state index contributed by atoms with van der Waals surface area (Å²) in [6, 6.07) is 6.90. The van der Waals surface area contributed by atoms with Crippen LogP contribution in [-0.4, -0.2) is 30.8 Å². The summed E-state index contributed by atoms with van der Waals surface area (Å²) in [5.41, 5.74) is 6.21. The topological polar surface area (TPSA) is 84.6 Å². The third-order valence-corrected chi connectivity index (χ3v) is 2.95. The Bertz CT molecular complexity index is 379. The van der Waals surface area contributed by atoms with Crippen LogP contribution < -0.4 is 15.8 Å². The summed E-state index contributed by atoms with van der Waals surface area (Å²) in [6.45, 7) is 2.74. The normalized spacial score (nSPS) is 11.9. The maximum absolute atomic E-state index is 11.6. The lowest BCUT2D eigenvalue weighted by Crippen LogP contribution is -2.33. The number of hydrogen-bond donors (Lipinski definition) is 3. The van der Waals surface area contributed by atoms with Crippen LogP contribution in [0.3, 0.4) is 0 Å². The van der Waals surface area contributed by atoms with Gasteiger partial charge >= 0.3 is 0 Å². The summed E-state index contributed by atoms with van der Waals surface area (Å²) < 4.78 is 5.33. The number of carbonyl (C=O) groups is 1. The quantitative estimate of drug-likeness (QED) is 0.617. The molecule has 1 amide bonds. The molecular weight excluding hydrogens is 244 g/mol. The molecule has 1 aromatic carbocycles. The van der Waals surface area contributed by atoms with Crippen LogP contribution in [0.1, 0.15) is 19.8 Å². The van der Waals surface area contributed by atoms with E-state index >= 15 is 0 Å². The monoisotopic (exact) mass is 266 g/mol. The van der Waals surface area contributed by atoms with Gasteiger partial charge in [-0.05, 0) is 36.6 Å². The zero-order chi connectivity index (χ0) is 14.1. The van der Waals surface area contributed by atoms with E-state index in [-0.39, 0.29) is 19.1 Å². The number of hydrogen-bond acceptors (Lipinski definition) is 4. The van der Waals surface area contributed by atoms with Crippen molar-refractivity contribution in [2.45, 2.75) is 19.8 Å². The van der Waals surface area contributed by atoms with Crippen LogP contribution in [-0.2, 0) is 4.79 Å². The van der Waals surface area contributed by atoms with Gasteiger partial charge in [0.15, 0.2) is 6.61 Å². The van der Waals surface area contributed by atoms with Gasteiger partial charge in [-0.2, -0.15) is 0 Å². The van der Waals surface area contributed by atoms with Crippen molar-refractivity contribution in [1.82, 2.24) is 5.32 Å². The van der Waals surface area contributed by atoms with E-state index in [1.807, 2.05) is 6.92 Å². The molecule has 0 bridgehead atoms. The summed E-state index contributed by atoms with van der Waals surface area (Å²) in [5, 5.41) is 11.7. The van der Waals surface area contributed by atoms with Crippen molar-refractivity contribution in [3.05, 3.63) is 24.3 Å². The van der Waals surface area contributed by atoms with Gasteiger partial charge < -0.3 is 20.9 Å². The Balaban J connectivity index is 2.25. The Hall–Kier alpha value is -1.75. The highest BCUT2D eigenvalue weighted by Gasteiger charge is 2.08. The van der Waals surface area contributed by atoms with Crippen molar-refractivity contribution >= 4 is 11.6 Å². The Kier molecular flexibility index (Phi) is 6.74. The van der Waals surface area contributed by atoms with E-state index in [1.165, 1.54) is 0 Å². The predicted molar refractivity (Wildman–Crippen MR) is 74.8 cm³/mol. The molecule has 106 valence electrons. The zero-order valence-electron chi connectivity index (χ0n) is 11.3. The molecule has 0 radical (unpaired) electrons. The summed E-state index contributed by atoms with van der Waals surface area (Å²) in [5.74, 6) is 0.769. The molecule has 1 aromatic rings. The Morgan fingerprint density at radius 2 is 2.11 bits per heavy atom. The number of aliphatic hydroxyl groups excluding tert-OH is 1. The van der Waals surface area contributed by atoms with E-state index in [9.17, 15) is 4.79 Å². The lowest BCUT2D eigenvalue weighted by atomic mass is 10.0. The highest BCUT2D eigenvalue weighted by molar-refractivity contribution is 5.77. The summed E-state index contributed by atoms with van der Waals surface area (Å²) >= 11 is 0. The SMILES string of the molecule is CCC(CCO)CNC(=O)COc1ccc(N)cc1. The second kappa shape index (κ2) is 8.37. The van der Waals surface area contributed by atoms with Gasteiger partial charge in [0, 0.05) is 18.8 Å². The van der Waals surface area contributed by atoms with Crippen LogP contribution >= 0.6 is 0 Å². The van der Waals surface area contributed by atoms with Gasteiger partial charge in [0.1, 0.15) is 5.75 Å². The molecule has 0 heterocycles. The number of benzene rings is 1.